The maximum absolute atomic E-state index is 13.8. The molecule has 3 nitrogen and oxygen atoms in total. The van der Waals surface area contributed by atoms with Crippen molar-refractivity contribution in [3.05, 3.63) is 29.6 Å². The van der Waals surface area contributed by atoms with E-state index in [1.54, 1.807) is 4.90 Å². The van der Waals surface area contributed by atoms with Gasteiger partial charge in [-0.05, 0) is 12.1 Å². The number of benzene rings is 1. The summed E-state index contributed by atoms with van der Waals surface area (Å²) in [6.07, 6.45) is -4.64. The molecule has 0 radical (unpaired) electrons. The van der Waals surface area contributed by atoms with E-state index in [0.29, 0.717) is 26.2 Å². The summed E-state index contributed by atoms with van der Waals surface area (Å²) >= 11 is 0. The summed E-state index contributed by atoms with van der Waals surface area (Å²) in [6, 6.07) is 3.39. The largest absolute Gasteiger partial charge is 0.419 e. The van der Waals surface area contributed by atoms with Crippen molar-refractivity contribution in [1.82, 2.24) is 11.5 Å². The maximum atomic E-state index is 13.8. The van der Waals surface area contributed by atoms with E-state index >= 15 is 0 Å². The van der Waals surface area contributed by atoms with E-state index in [2.05, 4.69) is 5.32 Å². The van der Waals surface area contributed by atoms with Crippen LogP contribution in [0.2, 0.25) is 0 Å². The van der Waals surface area contributed by atoms with Gasteiger partial charge in [-0.2, -0.15) is 13.2 Å². The normalized spacial score (nSPS) is 16.3. The van der Waals surface area contributed by atoms with Crippen LogP contribution in [-0.2, 0) is 6.18 Å². The molecule has 1 aromatic carbocycles. The van der Waals surface area contributed by atoms with Gasteiger partial charge in [0.15, 0.2) is 5.82 Å². The topological polar surface area (TPSA) is 50.3 Å². The lowest BCUT2D eigenvalue weighted by molar-refractivity contribution is -0.139. The lowest BCUT2D eigenvalue weighted by Gasteiger charge is -2.30. The van der Waals surface area contributed by atoms with Crippen LogP contribution in [0.1, 0.15) is 5.56 Å². The van der Waals surface area contributed by atoms with E-state index in [9.17, 15) is 17.6 Å². The fraction of sp³-hybridized carbons (Fsp3) is 0.455. The van der Waals surface area contributed by atoms with Gasteiger partial charge in [0.25, 0.3) is 0 Å². The van der Waals surface area contributed by atoms with Gasteiger partial charge in [-0.15, -0.1) is 0 Å². The summed E-state index contributed by atoms with van der Waals surface area (Å²) in [5, 5.41) is 3.06. The van der Waals surface area contributed by atoms with E-state index in [0.717, 1.165) is 6.07 Å². The minimum absolute atomic E-state index is 0. The molecular weight excluding hydrogens is 250 g/mol. The van der Waals surface area contributed by atoms with E-state index in [4.69, 9.17) is 0 Å². The van der Waals surface area contributed by atoms with Crippen molar-refractivity contribution in [3.8, 4) is 0 Å². The number of hydrogen-bond donors (Lipinski definition) is 2. The molecule has 7 heteroatoms. The molecule has 0 bridgehead atoms. The summed E-state index contributed by atoms with van der Waals surface area (Å²) in [7, 11) is 0. The molecule has 1 aromatic rings. The molecule has 4 N–H and O–H groups in total. The second-order valence-corrected chi connectivity index (χ2v) is 3.87. The molecule has 0 unspecified atom stereocenters. The zero-order chi connectivity index (χ0) is 12.5. The molecule has 1 saturated heterocycles. The minimum Gasteiger partial charge on any atom is -0.367 e. The van der Waals surface area contributed by atoms with Crippen molar-refractivity contribution in [2.45, 2.75) is 6.18 Å². The Labute approximate surface area is 102 Å². The summed E-state index contributed by atoms with van der Waals surface area (Å²) in [6.45, 7) is 2.32. The van der Waals surface area contributed by atoms with E-state index in [1.807, 2.05) is 0 Å². The second kappa shape index (κ2) is 5.53. The molecule has 0 saturated carbocycles. The van der Waals surface area contributed by atoms with Crippen LogP contribution < -0.4 is 16.4 Å². The highest BCUT2D eigenvalue weighted by atomic mass is 19.4. The molecule has 1 heterocycles. The zero-order valence-electron chi connectivity index (χ0n) is 9.73. The average Bonchev–Trinajstić information content (AvgIpc) is 2.29. The molecule has 1 aliphatic rings. The molecule has 0 spiro atoms. The van der Waals surface area contributed by atoms with Crippen LogP contribution >= 0.6 is 0 Å². The standard InChI is InChI=1S/C11H12F4N2.H3N/c12-10-8(11(13,14)15)2-1-3-9(10)17-6-4-16-5-7-17;/h1-3,16H,4-7H2;1H3. The molecule has 0 aromatic heterocycles. The van der Waals surface area contributed by atoms with Gasteiger partial charge >= 0.3 is 6.18 Å². The third kappa shape index (κ3) is 2.91. The number of alkyl halides is 3. The number of anilines is 1. The number of halogens is 4. The van der Waals surface area contributed by atoms with Crippen LogP contribution in [0, 0.1) is 5.82 Å². The smallest absolute Gasteiger partial charge is 0.367 e. The monoisotopic (exact) mass is 265 g/mol. The number of nitrogens with zero attached hydrogens (tertiary/aromatic N) is 1. The van der Waals surface area contributed by atoms with Gasteiger partial charge in [0.1, 0.15) is 0 Å². The summed E-state index contributed by atoms with van der Waals surface area (Å²) in [5.41, 5.74) is -1.17. The number of rotatable bonds is 1. The highest BCUT2D eigenvalue weighted by molar-refractivity contribution is 5.51. The Kier molecular flexibility index (Phi) is 4.53. The van der Waals surface area contributed by atoms with Gasteiger partial charge in [0, 0.05) is 26.2 Å². The number of piperazine rings is 1. The summed E-state index contributed by atoms with van der Waals surface area (Å²) < 4.78 is 51.3. The van der Waals surface area contributed by atoms with Gasteiger partial charge in [-0.25, -0.2) is 4.39 Å². The Morgan fingerprint density at radius 3 is 2.28 bits per heavy atom. The predicted octanol–water partition coefficient (Wildman–Crippen LogP) is 2.42. The fourth-order valence-electron chi connectivity index (χ4n) is 1.89. The second-order valence-electron chi connectivity index (χ2n) is 3.87. The van der Waals surface area contributed by atoms with Gasteiger partial charge < -0.3 is 16.4 Å². The molecule has 0 atom stereocenters. The molecule has 2 rings (SSSR count). The first-order valence-corrected chi connectivity index (χ1v) is 5.31. The van der Waals surface area contributed by atoms with Crippen LogP contribution in [0.3, 0.4) is 0 Å². The Morgan fingerprint density at radius 2 is 1.72 bits per heavy atom. The number of nitrogens with one attached hydrogen (secondary N) is 1. The fourth-order valence-corrected chi connectivity index (χ4v) is 1.89. The Morgan fingerprint density at radius 1 is 1.11 bits per heavy atom. The van der Waals surface area contributed by atoms with Gasteiger partial charge in [-0.3, -0.25) is 0 Å². The van der Waals surface area contributed by atoms with Crippen molar-refractivity contribution in [2.75, 3.05) is 31.1 Å². The van der Waals surface area contributed by atoms with E-state index < -0.39 is 17.6 Å². The first kappa shape index (κ1) is 14.7. The molecular formula is C11H15F4N3. The van der Waals surface area contributed by atoms with Crippen LogP contribution in [-0.4, -0.2) is 26.2 Å². The lowest BCUT2D eigenvalue weighted by Crippen LogP contribution is -2.44. The highest BCUT2D eigenvalue weighted by Gasteiger charge is 2.35. The van der Waals surface area contributed by atoms with Gasteiger partial charge in [0.05, 0.1) is 11.3 Å². The van der Waals surface area contributed by atoms with E-state index in [1.165, 1.54) is 12.1 Å². The molecule has 102 valence electrons. The van der Waals surface area contributed by atoms with Crippen molar-refractivity contribution in [2.24, 2.45) is 0 Å². The Balaban J connectivity index is 0.00000162. The van der Waals surface area contributed by atoms with Crippen molar-refractivity contribution < 1.29 is 17.6 Å². The van der Waals surface area contributed by atoms with Crippen molar-refractivity contribution in [3.63, 3.8) is 0 Å². The van der Waals surface area contributed by atoms with Crippen LogP contribution in [0.4, 0.5) is 23.2 Å². The SMILES string of the molecule is Fc1c(N2CCNCC2)cccc1C(F)(F)F.N. The average molecular weight is 265 g/mol. The minimum atomic E-state index is -4.64. The zero-order valence-corrected chi connectivity index (χ0v) is 9.73. The third-order valence-electron chi connectivity index (χ3n) is 2.74. The highest BCUT2D eigenvalue weighted by Crippen LogP contribution is 2.35. The summed E-state index contributed by atoms with van der Waals surface area (Å²) in [4.78, 5) is 1.63. The van der Waals surface area contributed by atoms with Crippen LogP contribution in [0.5, 0.6) is 0 Å². The van der Waals surface area contributed by atoms with Crippen LogP contribution in [0.15, 0.2) is 18.2 Å². The van der Waals surface area contributed by atoms with Gasteiger partial charge in [-0.1, -0.05) is 6.07 Å². The lowest BCUT2D eigenvalue weighted by atomic mass is 10.1. The van der Waals surface area contributed by atoms with Crippen LogP contribution in [0.25, 0.3) is 0 Å². The molecule has 0 amide bonds. The molecule has 18 heavy (non-hydrogen) atoms. The predicted molar refractivity (Wildman–Crippen MR) is 61.5 cm³/mol. The third-order valence-corrected chi connectivity index (χ3v) is 2.74. The molecule has 1 aliphatic heterocycles. The van der Waals surface area contributed by atoms with Gasteiger partial charge in [0.2, 0.25) is 0 Å². The quantitative estimate of drug-likeness (QED) is 0.767. The Hall–Kier alpha value is -1.34. The van der Waals surface area contributed by atoms with E-state index in [-0.39, 0.29) is 11.8 Å². The molecule has 0 aliphatic carbocycles. The van der Waals surface area contributed by atoms with Crippen molar-refractivity contribution in [1.29, 1.82) is 0 Å². The Bertz CT molecular complexity index is 400. The van der Waals surface area contributed by atoms with Crippen molar-refractivity contribution >= 4 is 5.69 Å². The first-order chi connectivity index (χ1) is 8.00. The maximum Gasteiger partial charge on any atom is 0.419 e. The first-order valence-electron chi connectivity index (χ1n) is 5.31. The molecule has 1 fully saturated rings. The summed E-state index contributed by atoms with van der Waals surface area (Å²) in [5.74, 6) is -1.18. The number of hydrogen-bond acceptors (Lipinski definition) is 3.